The zero-order chi connectivity index (χ0) is 22.9. The fraction of sp³-hybridized carbons (Fsp3) is 0.364. The molecule has 31 heavy (non-hydrogen) atoms. The molecule has 0 radical (unpaired) electrons. The van der Waals surface area contributed by atoms with Crippen molar-refractivity contribution in [3.63, 3.8) is 0 Å². The highest BCUT2D eigenvalue weighted by Gasteiger charge is 2.42. The maximum atomic E-state index is 13.2. The van der Waals surface area contributed by atoms with Crippen LogP contribution in [0.25, 0.3) is 0 Å². The first-order chi connectivity index (χ1) is 14.5. The van der Waals surface area contributed by atoms with Crippen molar-refractivity contribution in [1.82, 2.24) is 9.80 Å². The summed E-state index contributed by atoms with van der Waals surface area (Å²) in [6.07, 6.45) is -4.50. The maximum absolute atomic E-state index is 13.2. The van der Waals surface area contributed by atoms with Crippen LogP contribution in [0.2, 0.25) is 10.0 Å². The van der Waals surface area contributed by atoms with Gasteiger partial charge in [-0.3, -0.25) is 9.59 Å². The number of alkyl halides is 3. The van der Waals surface area contributed by atoms with Gasteiger partial charge in [-0.2, -0.15) is 13.2 Å². The highest BCUT2D eigenvalue weighted by atomic mass is 35.5. The molecule has 1 saturated heterocycles. The summed E-state index contributed by atoms with van der Waals surface area (Å²) < 4.78 is 39.7. The summed E-state index contributed by atoms with van der Waals surface area (Å²) in [5, 5.41) is 0.552. The van der Waals surface area contributed by atoms with Gasteiger partial charge in [-0.15, -0.1) is 0 Å². The van der Waals surface area contributed by atoms with Crippen molar-refractivity contribution in [2.75, 3.05) is 26.7 Å². The molecule has 1 aliphatic heterocycles. The average Bonchev–Trinajstić information content (AvgIpc) is 3.17. The number of carbonyl (C=O) groups excluding carboxylic acids is 2. The summed E-state index contributed by atoms with van der Waals surface area (Å²) in [7, 11) is 1.63. The van der Waals surface area contributed by atoms with E-state index in [0.29, 0.717) is 17.1 Å². The SMILES string of the molecule is CCN(C)C(=O)C1CN(C(=O)c2ccc(Cl)cc2Cl)CC1c1cccc(C(F)(F)F)c1. The molecule has 1 fully saturated rings. The highest BCUT2D eigenvalue weighted by molar-refractivity contribution is 6.36. The first-order valence-electron chi connectivity index (χ1n) is 9.69. The molecule has 2 unspecified atom stereocenters. The minimum atomic E-state index is -4.50. The van der Waals surface area contributed by atoms with Crippen LogP contribution in [0.1, 0.15) is 34.3 Å². The molecular weight excluding hydrogens is 452 g/mol. The summed E-state index contributed by atoms with van der Waals surface area (Å²) >= 11 is 12.1. The van der Waals surface area contributed by atoms with Crippen molar-refractivity contribution in [2.45, 2.75) is 19.0 Å². The van der Waals surface area contributed by atoms with Crippen molar-refractivity contribution in [2.24, 2.45) is 5.92 Å². The Bertz CT molecular complexity index is 997. The largest absolute Gasteiger partial charge is 0.416 e. The molecule has 0 saturated carbocycles. The van der Waals surface area contributed by atoms with Gasteiger partial charge in [-0.05, 0) is 36.8 Å². The third kappa shape index (κ3) is 4.99. The summed E-state index contributed by atoms with van der Waals surface area (Å²) in [5.41, 5.74) is -0.188. The number of benzene rings is 2. The first-order valence-corrected chi connectivity index (χ1v) is 10.4. The summed E-state index contributed by atoms with van der Waals surface area (Å²) in [4.78, 5) is 29.0. The minimum Gasteiger partial charge on any atom is -0.346 e. The Hall–Kier alpha value is -2.25. The van der Waals surface area contributed by atoms with Gasteiger partial charge < -0.3 is 9.80 Å². The molecular formula is C22H21Cl2F3N2O2. The molecule has 4 nitrogen and oxygen atoms in total. The molecule has 2 aromatic carbocycles. The number of amides is 2. The van der Waals surface area contributed by atoms with Crippen molar-refractivity contribution < 1.29 is 22.8 Å². The first kappa shape index (κ1) is 23.4. The zero-order valence-electron chi connectivity index (χ0n) is 16.9. The predicted octanol–water partition coefficient (Wildman–Crippen LogP) is 5.35. The van der Waals surface area contributed by atoms with Gasteiger partial charge in [-0.25, -0.2) is 0 Å². The minimum absolute atomic E-state index is 0.0852. The van der Waals surface area contributed by atoms with E-state index in [4.69, 9.17) is 23.2 Å². The molecule has 1 aliphatic rings. The normalized spacial score (nSPS) is 18.9. The summed E-state index contributed by atoms with van der Waals surface area (Å²) in [6, 6.07) is 9.42. The van der Waals surface area contributed by atoms with Crippen LogP contribution < -0.4 is 0 Å². The predicted molar refractivity (Wildman–Crippen MR) is 113 cm³/mol. The van der Waals surface area contributed by atoms with Crippen LogP contribution in [0.15, 0.2) is 42.5 Å². The lowest BCUT2D eigenvalue weighted by Crippen LogP contribution is -2.37. The van der Waals surface area contributed by atoms with Crippen molar-refractivity contribution in [3.05, 3.63) is 69.2 Å². The van der Waals surface area contributed by atoms with Crippen molar-refractivity contribution in [3.8, 4) is 0 Å². The van der Waals surface area contributed by atoms with Crippen LogP contribution in [0.3, 0.4) is 0 Å². The Balaban J connectivity index is 1.96. The Morgan fingerprint density at radius 1 is 1.13 bits per heavy atom. The van der Waals surface area contributed by atoms with Gasteiger partial charge in [-0.1, -0.05) is 41.4 Å². The van der Waals surface area contributed by atoms with Gasteiger partial charge in [0.25, 0.3) is 5.91 Å². The molecule has 0 bridgehead atoms. The molecule has 1 heterocycles. The van der Waals surface area contributed by atoms with Gasteiger partial charge in [0.1, 0.15) is 0 Å². The number of nitrogens with zero attached hydrogens (tertiary/aromatic N) is 2. The number of hydrogen-bond donors (Lipinski definition) is 0. The van der Waals surface area contributed by atoms with E-state index >= 15 is 0 Å². The molecule has 2 aromatic rings. The second-order valence-corrected chi connectivity index (χ2v) is 8.37. The Kier molecular flexibility index (Phi) is 6.86. The molecule has 2 atom stereocenters. The van der Waals surface area contributed by atoms with Crippen LogP contribution in [-0.2, 0) is 11.0 Å². The van der Waals surface area contributed by atoms with Crippen LogP contribution in [0.5, 0.6) is 0 Å². The molecule has 3 rings (SSSR count). The van der Waals surface area contributed by atoms with Gasteiger partial charge in [0, 0.05) is 37.6 Å². The number of halogens is 5. The lowest BCUT2D eigenvalue weighted by molar-refractivity contribution is -0.137. The second kappa shape index (κ2) is 9.09. The van der Waals surface area contributed by atoms with E-state index in [1.165, 1.54) is 34.1 Å². The van der Waals surface area contributed by atoms with Gasteiger partial charge in [0.15, 0.2) is 0 Å². The molecule has 9 heteroatoms. The third-order valence-electron chi connectivity index (χ3n) is 5.58. The topological polar surface area (TPSA) is 40.6 Å². The van der Waals surface area contributed by atoms with E-state index in [9.17, 15) is 22.8 Å². The second-order valence-electron chi connectivity index (χ2n) is 7.52. The molecule has 0 spiro atoms. The lowest BCUT2D eigenvalue weighted by Gasteiger charge is -2.23. The molecule has 0 aliphatic carbocycles. The van der Waals surface area contributed by atoms with Crippen LogP contribution in [0.4, 0.5) is 13.2 Å². The van der Waals surface area contributed by atoms with E-state index in [0.717, 1.165) is 12.1 Å². The standard InChI is InChI=1S/C22H21Cl2F3N2O2/c1-3-28(2)20(30)18-12-29(21(31)16-8-7-15(23)10-19(16)24)11-17(18)13-5-4-6-14(9-13)22(25,26)27/h4-10,17-18H,3,11-12H2,1-2H3. The van der Waals surface area contributed by atoms with E-state index in [-0.39, 0.29) is 29.6 Å². The molecule has 166 valence electrons. The molecule has 0 aromatic heterocycles. The highest BCUT2D eigenvalue weighted by Crippen LogP contribution is 2.38. The number of carbonyl (C=O) groups is 2. The van der Waals surface area contributed by atoms with Gasteiger partial charge >= 0.3 is 6.18 Å². The van der Waals surface area contributed by atoms with E-state index in [1.54, 1.807) is 13.1 Å². The van der Waals surface area contributed by atoms with Crippen molar-refractivity contribution >= 4 is 35.0 Å². The Morgan fingerprint density at radius 2 is 1.84 bits per heavy atom. The number of rotatable bonds is 4. The quantitative estimate of drug-likeness (QED) is 0.601. The smallest absolute Gasteiger partial charge is 0.346 e. The maximum Gasteiger partial charge on any atom is 0.416 e. The monoisotopic (exact) mass is 472 g/mol. The zero-order valence-corrected chi connectivity index (χ0v) is 18.4. The van der Waals surface area contributed by atoms with E-state index < -0.39 is 29.5 Å². The van der Waals surface area contributed by atoms with Gasteiger partial charge in [0.05, 0.1) is 22.1 Å². The summed E-state index contributed by atoms with van der Waals surface area (Å²) in [6.45, 7) is 2.44. The third-order valence-corrected chi connectivity index (χ3v) is 6.13. The fourth-order valence-corrected chi connectivity index (χ4v) is 4.26. The van der Waals surface area contributed by atoms with Crippen LogP contribution in [0, 0.1) is 5.92 Å². The Labute approximate surface area is 188 Å². The number of hydrogen-bond acceptors (Lipinski definition) is 2. The number of likely N-dealkylation sites (tertiary alicyclic amines) is 1. The molecule has 2 amide bonds. The van der Waals surface area contributed by atoms with Gasteiger partial charge in [0.2, 0.25) is 5.91 Å². The Morgan fingerprint density at radius 3 is 2.45 bits per heavy atom. The average molecular weight is 473 g/mol. The van der Waals surface area contributed by atoms with Crippen molar-refractivity contribution in [1.29, 1.82) is 0 Å². The van der Waals surface area contributed by atoms with Crippen LogP contribution >= 0.6 is 23.2 Å². The lowest BCUT2D eigenvalue weighted by atomic mass is 9.87. The van der Waals surface area contributed by atoms with E-state index in [2.05, 4.69) is 0 Å². The molecule has 0 N–H and O–H groups in total. The fourth-order valence-electron chi connectivity index (χ4n) is 3.78. The van der Waals surface area contributed by atoms with Crippen LogP contribution in [-0.4, -0.2) is 48.3 Å². The summed E-state index contributed by atoms with van der Waals surface area (Å²) in [5.74, 6) is -1.85. The van der Waals surface area contributed by atoms with E-state index in [1.807, 2.05) is 6.92 Å².